The highest BCUT2D eigenvalue weighted by atomic mass is 19.4. The summed E-state index contributed by atoms with van der Waals surface area (Å²) in [6.07, 6.45) is -8.93. The van der Waals surface area contributed by atoms with E-state index in [1.807, 2.05) is 0 Å². The fourth-order valence-electron chi connectivity index (χ4n) is 2.48. The first kappa shape index (κ1) is 22.1. The molecule has 0 spiro atoms. The van der Waals surface area contributed by atoms with Gasteiger partial charge in [0.2, 0.25) is 0 Å². The third-order valence-corrected chi connectivity index (χ3v) is 3.79. The Labute approximate surface area is 162 Å². The molecule has 0 aliphatic rings. The van der Waals surface area contributed by atoms with Crippen LogP contribution >= 0.6 is 0 Å². The number of alkyl halides is 6. The lowest BCUT2D eigenvalue weighted by molar-refractivity contribution is -0.136. The molecule has 154 valence electrons. The molecule has 0 atom stereocenters. The third-order valence-electron chi connectivity index (χ3n) is 3.79. The number of anilines is 1. The highest BCUT2D eigenvalue weighted by Gasteiger charge is 2.35. The van der Waals surface area contributed by atoms with Gasteiger partial charge in [-0.3, -0.25) is 4.79 Å². The largest absolute Gasteiger partial charge is 0.492 e. The van der Waals surface area contributed by atoms with Crippen molar-refractivity contribution in [3.05, 3.63) is 65.0 Å². The monoisotopic (exact) mass is 416 g/mol. The first-order valence-electron chi connectivity index (χ1n) is 8.12. The summed E-state index contributed by atoms with van der Waals surface area (Å²) in [5, 5.41) is 0. The molecule has 0 aromatic heterocycles. The predicted molar refractivity (Wildman–Crippen MR) is 93.3 cm³/mol. The Morgan fingerprint density at radius 2 is 1.69 bits per heavy atom. The molecule has 2 aromatic carbocycles. The molecular formula is C19H14F6N2O2. The zero-order valence-electron chi connectivity index (χ0n) is 14.7. The molecule has 0 aliphatic heterocycles. The molecule has 2 rings (SSSR count). The van der Waals surface area contributed by atoms with Crippen LogP contribution in [0.5, 0.6) is 5.75 Å². The van der Waals surface area contributed by atoms with Crippen LogP contribution in [0.1, 0.15) is 15.9 Å². The first-order valence-corrected chi connectivity index (χ1v) is 8.12. The van der Waals surface area contributed by atoms with E-state index in [0.29, 0.717) is 28.6 Å². The van der Waals surface area contributed by atoms with E-state index in [0.717, 1.165) is 12.1 Å². The van der Waals surface area contributed by atoms with Crippen LogP contribution in [0.3, 0.4) is 0 Å². The van der Waals surface area contributed by atoms with Crippen LogP contribution in [-0.2, 0) is 6.18 Å². The number of nitrogens with zero attached hydrogens (tertiary/aromatic N) is 2. The van der Waals surface area contributed by atoms with Gasteiger partial charge in [-0.1, -0.05) is 6.07 Å². The highest BCUT2D eigenvalue weighted by molar-refractivity contribution is 5.74. The molecule has 0 saturated heterocycles. The molecule has 29 heavy (non-hydrogen) atoms. The summed E-state index contributed by atoms with van der Waals surface area (Å²) in [5.41, 5.74) is -1.94. The van der Waals surface area contributed by atoms with Gasteiger partial charge in [-0.15, -0.1) is 0 Å². The van der Waals surface area contributed by atoms with Crippen molar-refractivity contribution >= 4 is 17.7 Å². The van der Waals surface area contributed by atoms with Crippen LogP contribution in [0.2, 0.25) is 0 Å². The van der Waals surface area contributed by atoms with E-state index in [1.54, 1.807) is 0 Å². The summed E-state index contributed by atoms with van der Waals surface area (Å²) in [5.74, 6) is 0.293. The normalized spacial score (nSPS) is 11.6. The lowest BCUT2D eigenvalue weighted by Gasteiger charge is -2.27. The number of benzene rings is 2. The molecule has 2 aromatic rings. The summed E-state index contributed by atoms with van der Waals surface area (Å²) in [6.45, 7) is 4.72. The number of halogens is 6. The fraction of sp³-hybridized carbons (Fsp3) is 0.263. The molecule has 0 radical (unpaired) electrons. The van der Waals surface area contributed by atoms with E-state index in [1.165, 1.54) is 24.3 Å². The lowest BCUT2D eigenvalue weighted by Crippen LogP contribution is -2.37. The molecule has 4 nitrogen and oxygen atoms in total. The zero-order chi connectivity index (χ0) is 21.7. The maximum atomic E-state index is 13.1. The van der Waals surface area contributed by atoms with Crippen LogP contribution in [0.4, 0.5) is 37.7 Å². The average Bonchev–Trinajstić information content (AvgIpc) is 2.65. The van der Waals surface area contributed by atoms with E-state index < -0.39 is 30.1 Å². The molecule has 10 heteroatoms. The van der Waals surface area contributed by atoms with Gasteiger partial charge in [-0.2, -0.15) is 26.3 Å². The van der Waals surface area contributed by atoms with Crippen LogP contribution in [0, 0.1) is 6.57 Å². The van der Waals surface area contributed by atoms with Gasteiger partial charge in [-0.25, -0.2) is 4.85 Å². The van der Waals surface area contributed by atoms with Crippen LogP contribution in [0.15, 0.2) is 42.5 Å². The summed E-state index contributed by atoms with van der Waals surface area (Å²) in [7, 11) is 0. The average molecular weight is 416 g/mol. The maximum absolute atomic E-state index is 13.1. The van der Waals surface area contributed by atoms with E-state index in [2.05, 4.69) is 4.85 Å². The number of rotatable bonds is 7. The van der Waals surface area contributed by atoms with E-state index in [4.69, 9.17) is 11.3 Å². The van der Waals surface area contributed by atoms with Crippen molar-refractivity contribution in [3.8, 4) is 5.75 Å². The minimum absolute atomic E-state index is 0.248. The molecular weight excluding hydrogens is 402 g/mol. The summed E-state index contributed by atoms with van der Waals surface area (Å²) in [4.78, 5) is 14.1. The van der Waals surface area contributed by atoms with Crippen molar-refractivity contribution in [2.45, 2.75) is 12.4 Å². The molecule has 0 unspecified atom stereocenters. The van der Waals surface area contributed by atoms with Crippen molar-refractivity contribution < 1.29 is 35.9 Å². The molecule has 0 bridgehead atoms. The Hall–Kier alpha value is -3.22. The summed E-state index contributed by atoms with van der Waals surface area (Å²) < 4.78 is 83.4. The molecule has 0 N–H and O–H groups in total. The minimum atomic E-state index is -4.88. The minimum Gasteiger partial charge on any atom is -0.492 e. The van der Waals surface area contributed by atoms with Gasteiger partial charge in [-0.05, 0) is 36.4 Å². The zero-order valence-corrected chi connectivity index (χ0v) is 14.7. The van der Waals surface area contributed by atoms with Crippen molar-refractivity contribution in [2.75, 3.05) is 24.6 Å². The number of aldehydes is 1. The van der Waals surface area contributed by atoms with Gasteiger partial charge in [0.05, 0.1) is 18.7 Å². The van der Waals surface area contributed by atoms with Crippen LogP contribution in [0.25, 0.3) is 4.85 Å². The Balaban J connectivity index is 2.21. The second-order valence-electron chi connectivity index (χ2n) is 5.88. The Morgan fingerprint density at radius 3 is 2.21 bits per heavy atom. The SMILES string of the molecule is [C-]#[N+]c1ccc(N(CCOc2ccc(C=O)cc2)CC(F)(F)F)cc1C(F)(F)F. The topological polar surface area (TPSA) is 33.9 Å². The molecule has 0 saturated carbocycles. The molecule has 0 aliphatic carbocycles. The summed E-state index contributed by atoms with van der Waals surface area (Å²) >= 11 is 0. The number of hydrogen-bond donors (Lipinski definition) is 0. The smallest absolute Gasteiger partial charge is 0.407 e. The summed E-state index contributed by atoms with van der Waals surface area (Å²) in [6, 6.07) is 8.20. The lowest BCUT2D eigenvalue weighted by atomic mass is 10.1. The van der Waals surface area contributed by atoms with Gasteiger partial charge < -0.3 is 9.64 Å². The van der Waals surface area contributed by atoms with Crippen molar-refractivity contribution in [1.29, 1.82) is 0 Å². The van der Waals surface area contributed by atoms with Crippen molar-refractivity contribution in [1.82, 2.24) is 0 Å². The Morgan fingerprint density at radius 1 is 1.03 bits per heavy atom. The molecule has 0 fully saturated rings. The second-order valence-corrected chi connectivity index (χ2v) is 5.88. The molecule has 0 amide bonds. The number of hydrogen-bond acceptors (Lipinski definition) is 3. The maximum Gasteiger partial charge on any atom is 0.407 e. The third kappa shape index (κ3) is 6.41. The quantitative estimate of drug-likeness (QED) is 0.339. The second kappa shape index (κ2) is 8.86. The Kier molecular flexibility index (Phi) is 6.74. The highest BCUT2D eigenvalue weighted by Crippen LogP contribution is 2.39. The van der Waals surface area contributed by atoms with E-state index >= 15 is 0 Å². The predicted octanol–water partition coefficient (Wildman–Crippen LogP) is 5.52. The Bertz CT molecular complexity index is 886. The van der Waals surface area contributed by atoms with Gasteiger partial charge in [0.15, 0.2) is 5.69 Å². The van der Waals surface area contributed by atoms with Crippen molar-refractivity contribution in [3.63, 3.8) is 0 Å². The number of carbonyl (C=O) groups excluding carboxylic acids is 1. The first-order chi connectivity index (χ1) is 13.5. The van der Waals surface area contributed by atoms with Gasteiger partial charge >= 0.3 is 12.4 Å². The van der Waals surface area contributed by atoms with Crippen LogP contribution < -0.4 is 9.64 Å². The number of ether oxygens (including phenoxy) is 1. The van der Waals surface area contributed by atoms with E-state index in [-0.39, 0.29) is 18.8 Å². The molecule has 0 heterocycles. The van der Waals surface area contributed by atoms with E-state index in [9.17, 15) is 31.1 Å². The fourth-order valence-corrected chi connectivity index (χ4v) is 2.48. The van der Waals surface area contributed by atoms with Gasteiger partial charge in [0.1, 0.15) is 25.2 Å². The van der Waals surface area contributed by atoms with Gasteiger partial charge in [0, 0.05) is 11.3 Å². The van der Waals surface area contributed by atoms with Crippen molar-refractivity contribution in [2.24, 2.45) is 0 Å². The number of carbonyl (C=O) groups is 1. The van der Waals surface area contributed by atoms with Gasteiger partial charge in [0.25, 0.3) is 0 Å². The standard InChI is InChI=1S/C19H14F6N2O2/c1-26-17-7-4-14(10-16(17)19(23,24)25)27(12-18(20,21)22)8-9-29-15-5-2-13(11-28)3-6-15/h2-7,10-11H,8-9,12H2. The van der Waals surface area contributed by atoms with Crippen LogP contribution in [-0.4, -0.2) is 32.2 Å².